The standard InChI is InChI=1S/C12H10O2/c13-12-9-8-11(14-12)7-6-10-4-2-1-3-5-10/h1-5,7-9H,6H2. The summed E-state index contributed by atoms with van der Waals surface area (Å²) in [7, 11) is 0. The molecular formula is C12H10O2. The maximum absolute atomic E-state index is 10.7. The molecule has 2 heteroatoms. The molecule has 1 aromatic carbocycles. The lowest BCUT2D eigenvalue weighted by Crippen LogP contribution is -1.91. The van der Waals surface area contributed by atoms with Crippen molar-refractivity contribution >= 4 is 5.97 Å². The summed E-state index contributed by atoms with van der Waals surface area (Å²) in [5, 5.41) is 0. The number of carbonyl (C=O) groups is 1. The monoisotopic (exact) mass is 186 g/mol. The van der Waals surface area contributed by atoms with Crippen LogP contribution in [0.3, 0.4) is 0 Å². The second-order valence-corrected chi connectivity index (χ2v) is 3.05. The molecule has 0 amide bonds. The van der Waals surface area contributed by atoms with Crippen LogP contribution < -0.4 is 0 Å². The highest BCUT2D eigenvalue weighted by Gasteiger charge is 2.07. The van der Waals surface area contributed by atoms with E-state index in [9.17, 15) is 4.79 Å². The van der Waals surface area contributed by atoms with E-state index in [1.807, 2.05) is 36.4 Å². The van der Waals surface area contributed by atoms with Crippen molar-refractivity contribution in [1.29, 1.82) is 0 Å². The minimum Gasteiger partial charge on any atom is -0.424 e. The van der Waals surface area contributed by atoms with Crippen LogP contribution in [0.2, 0.25) is 0 Å². The lowest BCUT2D eigenvalue weighted by Gasteiger charge is -1.97. The summed E-state index contributed by atoms with van der Waals surface area (Å²) in [5.74, 6) is 0.350. The first-order valence-electron chi connectivity index (χ1n) is 4.48. The first-order chi connectivity index (χ1) is 6.84. The fourth-order valence-electron chi connectivity index (χ4n) is 1.28. The lowest BCUT2D eigenvalue weighted by atomic mass is 10.1. The summed E-state index contributed by atoms with van der Waals surface area (Å²) in [6.45, 7) is 0. The van der Waals surface area contributed by atoms with Crippen LogP contribution in [0.4, 0.5) is 0 Å². The zero-order valence-electron chi connectivity index (χ0n) is 7.64. The Morgan fingerprint density at radius 3 is 2.57 bits per heavy atom. The highest BCUT2D eigenvalue weighted by molar-refractivity contribution is 5.86. The molecule has 0 bridgehead atoms. The minimum atomic E-state index is -0.288. The lowest BCUT2D eigenvalue weighted by molar-refractivity contribution is -0.132. The number of hydrogen-bond donors (Lipinski definition) is 0. The average Bonchev–Trinajstić information content (AvgIpc) is 2.63. The Kier molecular flexibility index (Phi) is 2.45. The van der Waals surface area contributed by atoms with Crippen molar-refractivity contribution in [2.75, 3.05) is 0 Å². The van der Waals surface area contributed by atoms with Crippen molar-refractivity contribution in [3.8, 4) is 0 Å². The van der Waals surface area contributed by atoms with Crippen molar-refractivity contribution < 1.29 is 9.53 Å². The van der Waals surface area contributed by atoms with Gasteiger partial charge in [0.2, 0.25) is 0 Å². The Bertz CT molecular complexity index is 388. The van der Waals surface area contributed by atoms with Gasteiger partial charge in [-0.2, -0.15) is 0 Å². The zero-order chi connectivity index (χ0) is 9.80. The second kappa shape index (κ2) is 3.92. The molecule has 0 radical (unpaired) electrons. The van der Waals surface area contributed by atoms with E-state index in [2.05, 4.69) is 0 Å². The van der Waals surface area contributed by atoms with Crippen LogP contribution in [0.25, 0.3) is 0 Å². The third-order valence-electron chi connectivity index (χ3n) is 1.98. The molecule has 70 valence electrons. The number of hydrogen-bond acceptors (Lipinski definition) is 2. The molecule has 2 rings (SSSR count). The van der Waals surface area contributed by atoms with Crippen LogP contribution in [0.5, 0.6) is 0 Å². The van der Waals surface area contributed by atoms with Crippen molar-refractivity contribution in [2.24, 2.45) is 0 Å². The largest absolute Gasteiger partial charge is 0.424 e. The molecule has 14 heavy (non-hydrogen) atoms. The van der Waals surface area contributed by atoms with Gasteiger partial charge < -0.3 is 4.74 Å². The van der Waals surface area contributed by atoms with Crippen LogP contribution in [-0.4, -0.2) is 5.97 Å². The fraction of sp³-hybridized carbons (Fsp3) is 0.0833. The summed E-state index contributed by atoms with van der Waals surface area (Å²) in [5.41, 5.74) is 1.20. The molecule has 0 aliphatic carbocycles. The van der Waals surface area contributed by atoms with Crippen molar-refractivity contribution in [1.82, 2.24) is 0 Å². The fourth-order valence-corrected chi connectivity index (χ4v) is 1.28. The van der Waals surface area contributed by atoms with Crippen LogP contribution in [-0.2, 0) is 16.0 Å². The summed E-state index contributed by atoms with van der Waals surface area (Å²) < 4.78 is 4.89. The van der Waals surface area contributed by atoms with Gasteiger partial charge in [0.05, 0.1) is 0 Å². The molecule has 1 aliphatic rings. The van der Waals surface area contributed by atoms with Crippen molar-refractivity contribution in [3.05, 3.63) is 59.9 Å². The third kappa shape index (κ3) is 2.10. The first-order valence-corrected chi connectivity index (χ1v) is 4.48. The molecule has 0 N–H and O–H groups in total. The van der Waals surface area contributed by atoms with E-state index in [1.165, 1.54) is 11.6 Å². The molecule has 0 spiro atoms. The van der Waals surface area contributed by atoms with Crippen LogP contribution >= 0.6 is 0 Å². The van der Waals surface area contributed by atoms with E-state index in [0.717, 1.165) is 6.42 Å². The van der Waals surface area contributed by atoms with Gasteiger partial charge in [-0.15, -0.1) is 0 Å². The maximum Gasteiger partial charge on any atom is 0.336 e. The van der Waals surface area contributed by atoms with Crippen molar-refractivity contribution in [2.45, 2.75) is 6.42 Å². The van der Waals surface area contributed by atoms with Gasteiger partial charge in [0.1, 0.15) is 5.76 Å². The zero-order valence-corrected chi connectivity index (χ0v) is 7.64. The van der Waals surface area contributed by atoms with Crippen LogP contribution in [0, 0.1) is 0 Å². The predicted octanol–water partition coefficient (Wildman–Crippen LogP) is 2.23. The molecule has 0 aromatic heterocycles. The molecule has 0 unspecified atom stereocenters. The van der Waals surface area contributed by atoms with E-state index >= 15 is 0 Å². The topological polar surface area (TPSA) is 26.3 Å². The van der Waals surface area contributed by atoms with Gasteiger partial charge in [-0.25, -0.2) is 4.79 Å². The molecule has 1 aliphatic heterocycles. The summed E-state index contributed by atoms with van der Waals surface area (Å²) in [6, 6.07) is 10.0. The Labute approximate surface area is 82.5 Å². The number of carbonyl (C=O) groups excluding carboxylic acids is 1. The van der Waals surface area contributed by atoms with E-state index in [4.69, 9.17) is 4.74 Å². The number of benzene rings is 1. The Hall–Kier alpha value is -1.83. The number of cyclic esters (lactones) is 1. The molecule has 0 atom stereocenters. The molecule has 1 heterocycles. The Morgan fingerprint density at radius 2 is 1.93 bits per heavy atom. The number of allylic oxidation sites excluding steroid dienone is 2. The first kappa shape index (κ1) is 8.75. The SMILES string of the molecule is O=C1C=CC(=CCc2ccccc2)O1. The molecule has 0 fully saturated rings. The van der Waals surface area contributed by atoms with Gasteiger partial charge >= 0.3 is 5.97 Å². The number of esters is 1. The van der Waals surface area contributed by atoms with E-state index in [0.29, 0.717) is 5.76 Å². The van der Waals surface area contributed by atoms with Gasteiger partial charge in [0.15, 0.2) is 0 Å². The van der Waals surface area contributed by atoms with Gasteiger partial charge in [-0.1, -0.05) is 30.3 Å². The van der Waals surface area contributed by atoms with Crippen LogP contribution in [0.15, 0.2) is 54.3 Å². The normalized spacial score (nSPS) is 17.4. The smallest absolute Gasteiger partial charge is 0.336 e. The van der Waals surface area contributed by atoms with Gasteiger partial charge in [0, 0.05) is 6.08 Å². The van der Waals surface area contributed by atoms with Crippen LogP contribution in [0.1, 0.15) is 5.56 Å². The molecule has 2 nitrogen and oxygen atoms in total. The summed E-state index contributed by atoms with van der Waals surface area (Å²) >= 11 is 0. The highest BCUT2D eigenvalue weighted by atomic mass is 16.5. The van der Waals surface area contributed by atoms with E-state index in [1.54, 1.807) is 6.08 Å². The number of ether oxygens (including phenoxy) is 1. The average molecular weight is 186 g/mol. The summed E-state index contributed by atoms with van der Waals surface area (Å²) in [4.78, 5) is 10.7. The third-order valence-corrected chi connectivity index (χ3v) is 1.98. The van der Waals surface area contributed by atoms with Crippen molar-refractivity contribution in [3.63, 3.8) is 0 Å². The maximum atomic E-state index is 10.7. The Morgan fingerprint density at radius 1 is 1.14 bits per heavy atom. The van der Waals surface area contributed by atoms with E-state index in [-0.39, 0.29) is 5.97 Å². The quantitative estimate of drug-likeness (QED) is 0.662. The molecular weight excluding hydrogens is 176 g/mol. The van der Waals surface area contributed by atoms with Gasteiger partial charge in [-0.3, -0.25) is 0 Å². The summed E-state index contributed by atoms with van der Waals surface area (Å²) in [6.07, 6.45) is 5.80. The predicted molar refractivity (Wildman–Crippen MR) is 53.5 cm³/mol. The second-order valence-electron chi connectivity index (χ2n) is 3.05. The number of rotatable bonds is 2. The highest BCUT2D eigenvalue weighted by Crippen LogP contribution is 2.10. The molecule has 1 aromatic rings. The van der Waals surface area contributed by atoms with Gasteiger partial charge in [-0.05, 0) is 24.1 Å². The minimum absolute atomic E-state index is 0.288. The Balaban J connectivity index is 2.01. The molecule has 0 saturated carbocycles. The van der Waals surface area contributed by atoms with E-state index < -0.39 is 0 Å². The van der Waals surface area contributed by atoms with Gasteiger partial charge in [0.25, 0.3) is 0 Å². The molecule has 0 saturated heterocycles.